The molecule has 4 heteroatoms. The quantitative estimate of drug-likeness (QED) is 0.662. The number of hydrogen-bond donors (Lipinski definition) is 1. The van der Waals surface area contributed by atoms with Gasteiger partial charge in [0.15, 0.2) is 6.04 Å². The van der Waals surface area contributed by atoms with Crippen LogP contribution in [0.1, 0.15) is 40.5 Å². The van der Waals surface area contributed by atoms with Gasteiger partial charge >= 0.3 is 5.97 Å². The van der Waals surface area contributed by atoms with Gasteiger partial charge in [-0.2, -0.15) is 10.2 Å². The van der Waals surface area contributed by atoms with Crippen LogP contribution in [0.2, 0.25) is 0 Å². The summed E-state index contributed by atoms with van der Waals surface area (Å²) in [6.45, 7) is 8.75. The molecule has 15 heavy (non-hydrogen) atoms. The molecule has 0 aliphatic heterocycles. The van der Waals surface area contributed by atoms with Gasteiger partial charge in [0.1, 0.15) is 0 Å². The third-order valence-corrected chi connectivity index (χ3v) is 2.21. The Hall–Kier alpha value is -0.930. The van der Waals surface area contributed by atoms with Crippen molar-refractivity contribution in [3.63, 3.8) is 0 Å². The van der Waals surface area contributed by atoms with E-state index in [-0.39, 0.29) is 0 Å². The first-order valence-electron chi connectivity index (χ1n) is 5.52. The highest BCUT2D eigenvalue weighted by atomic mass is 16.4. The zero-order chi connectivity index (χ0) is 11.8. The van der Waals surface area contributed by atoms with Crippen LogP contribution in [0.15, 0.2) is 10.2 Å². The summed E-state index contributed by atoms with van der Waals surface area (Å²) in [6, 6.07) is -0.717. The Morgan fingerprint density at radius 1 is 1.27 bits per heavy atom. The van der Waals surface area contributed by atoms with Crippen LogP contribution in [-0.4, -0.2) is 23.7 Å². The molecular formula is C11H22N2O2. The minimum Gasteiger partial charge on any atom is -0.480 e. The predicted octanol–water partition coefficient (Wildman–Crippen LogP) is 2.98. The standard InChI is InChI=1S/C11H22N2O2/c1-8(2)7-9(3)5-6-12-13-10(4)11(14)15/h8-10H,5-7H2,1-4H3,(H,14,15). The summed E-state index contributed by atoms with van der Waals surface area (Å²) in [5.41, 5.74) is 0. The number of hydrogen-bond acceptors (Lipinski definition) is 3. The lowest BCUT2D eigenvalue weighted by atomic mass is 9.96. The molecule has 2 atom stereocenters. The molecule has 0 spiro atoms. The minimum absolute atomic E-state index is 0.629. The summed E-state index contributed by atoms with van der Waals surface area (Å²) in [6.07, 6.45) is 2.16. The summed E-state index contributed by atoms with van der Waals surface area (Å²) in [5, 5.41) is 16.1. The number of carbonyl (C=O) groups is 1. The van der Waals surface area contributed by atoms with Crippen molar-refractivity contribution in [2.45, 2.75) is 46.6 Å². The maximum atomic E-state index is 10.4. The van der Waals surface area contributed by atoms with Gasteiger partial charge in [-0.25, -0.2) is 4.79 Å². The fourth-order valence-corrected chi connectivity index (χ4v) is 1.43. The van der Waals surface area contributed by atoms with Gasteiger partial charge in [-0.3, -0.25) is 0 Å². The van der Waals surface area contributed by atoms with E-state index in [1.54, 1.807) is 0 Å². The fraction of sp³-hybridized carbons (Fsp3) is 0.909. The molecule has 0 amide bonds. The molecule has 0 aliphatic rings. The molecule has 0 radical (unpaired) electrons. The summed E-state index contributed by atoms with van der Waals surface area (Å²) in [5.74, 6) is 0.410. The Morgan fingerprint density at radius 2 is 1.87 bits per heavy atom. The zero-order valence-corrected chi connectivity index (χ0v) is 10.1. The third-order valence-electron chi connectivity index (χ3n) is 2.21. The number of aliphatic carboxylic acids is 1. The molecule has 0 rings (SSSR count). The Labute approximate surface area is 91.8 Å². The maximum Gasteiger partial charge on any atom is 0.330 e. The lowest BCUT2D eigenvalue weighted by molar-refractivity contribution is -0.138. The molecule has 0 aliphatic carbocycles. The number of carboxylic acids is 1. The number of nitrogens with zero attached hydrogens (tertiary/aromatic N) is 2. The highest BCUT2D eigenvalue weighted by Gasteiger charge is 2.08. The Morgan fingerprint density at radius 3 is 2.33 bits per heavy atom. The normalized spacial score (nSPS) is 15.8. The maximum absolute atomic E-state index is 10.4. The van der Waals surface area contributed by atoms with Crippen molar-refractivity contribution in [3.8, 4) is 0 Å². The molecular weight excluding hydrogens is 192 g/mol. The van der Waals surface area contributed by atoms with Crippen LogP contribution in [0.3, 0.4) is 0 Å². The van der Waals surface area contributed by atoms with E-state index in [1.807, 2.05) is 0 Å². The molecule has 2 unspecified atom stereocenters. The lowest BCUT2D eigenvalue weighted by Gasteiger charge is -2.11. The molecule has 88 valence electrons. The summed E-state index contributed by atoms with van der Waals surface area (Å²) < 4.78 is 0. The van der Waals surface area contributed by atoms with Gasteiger partial charge in [-0.1, -0.05) is 20.8 Å². The lowest BCUT2D eigenvalue weighted by Crippen LogP contribution is -2.12. The average Bonchev–Trinajstić information content (AvgIpc) is 2.10. The summed E-state index contributed by atoms with van der Waals surface area (Å²) >= 11 is 0. The largest absolute Gasteiger partial charge is 0.480 e. The average molecular weight is 214 g/mol. The monoisotopic (exact) mass is 214 g/mol. The van der Waals surface area contributed by atoms with Crippen molar-refractivity contribution in [2.75, 3.05) is 6.54 Å². The van der Waals surface area contributed by atoms with E-state index >= 15 is 0 Å². The van der Waals surface area contributed by atoms with Gasteiger partial charge in [-0.05, 0) is 31.6 Å². The van der Waals surface area contributed by atoms with Gasteiger partial charge in [0.25, 0.3) is 0 Å². The number of azo groups is 1. The third kappa shape index (κ3) is 8.09. The highest BCUT2D eigenvalue weighted by molar-refractivity contribution is 5.72. The molecule has 0 saturated carbocycles. The van der Waals surface area contributed by atoms with Crippen LogP contribution in [-0.2, 0) is 4.79 Å². The predicted molar refractivity (Wildman–Crippen MR) is 60.1 cm³/mol. The van der Waals surface area contributed by atoms with Crippen LogP contribution in [0.25, 0.3) is 0 Å². The zero-order valence-electron chi connectivity index (χ0n) is 10.1. The smallest absolute Gasteiger partial charge is 0.330 e. The highest BCUT2D eigenvalue weighted by Crippen LogP contribution is 2.14. The molecule has 4 nitrogen and oxygen atoms in total. The SMILES string of the molecule is CC(C)CC(C)CCN=NC(C)C(=O)O. The molecule has 0 aromatic heterocycles. The van der Waals surface area contributed by atoms with E-state index in [2.05, 4.69) is 31.0 Å². The second-order valence-electron chi connectivity index (χ2n) is 4.52. The van der Waals surface area contributed by atoms with Crippen LogP contribution >= 0.6 is 0 Å². The van der Waals surface area contributed by atoms with Crippen LogP contribution in [0.5, 0.6) is 0 Å². The van der Waals surface area contributed by atoms with Crippen LogP contribution < -0.4 is 0 Å². The second-order valence-corrected chi connectivity index (χ2v) is 4.52. The Bertz CT molecular complexity index is 215. The van der Waals surface area contributed by atoms with Crippen LogP contribution in [0.4, 0.5) is 0 Å². The van der Waals surface area contributed by atoms with E-state index in [9.17, 15) is 4.79 Å². The van der Waals surface area contributed by atoms with Crippen molar-refractivity contribution in [1.82, 2.24) is 0 Å². The Kier molecular flexibility index (Phi) is 6.92. The van der Waals surface area contributed by atoms with Gasteiger partial charge in [0, 0.05) is 0 Å². The van der Waals surface area contributed by atoms with E-state index in [4.69, 9.17) is 5.11 Å². The molecule has 0 fully saturated rings. The van der Waals surface area contributed by atoms with Crippen molar-refractivity contribution in [1.29, 1.82) is 0 Å². The Balaban J connectivity index is 3.65. The van der Waals surface area contributed by atoms with E-state index < -0.39 is 12.0 Å². The first kappa shape index (κ1) is 14.1. The fourth-order valence-electron chi connectivity index (χ4n) is 1.43. The van der Waals surface area contributed by atoms with Crippen molar-refractivity contribution < 1.29 is 9.90 Å². The minimum atomic E-state index is -0.922. The van der Waals surface area contributed by atoms with E-state index in [1.165, 1.54) is 13.3 Å². The van der Waals surface area contributed by atoms with Gasteiger partial charge in [0.05, 0.1) is 6.54 Å². The summed E-state index contributed by atoms with van der Waals surface area (Å²) in [7, 11) is 0. The molecule has 0 aromatic rings. The second kappa shape index (κ2) is 7.37. The first-order chi connectivity index (χ1) is 6.93. The van der Waals surface area contributed by atoms with Gasteiger partial charge in [-0.15, -0.1) is 0 Å². The first-order valence-corrected chi connectivity index (χ1v) is 5.52. The van der Waals surface area contributed by atoms with E-state index in [0.29, 0.717) is 18.4 Å². The summed E-state index contributed by atoms with van der Waals surface area (Å²) in [4.78, 5) is 10.4. The van der Waals surface area contributed by atoms with Crippen molar-refractivity contribution >= 4 is 5.97 Å². The molecule has 0 saturated heterocycles. The van der Waals surface area contributed by atoms with E-state index in [0.717, 1.165) is 6.42 Å². The number of carboxylic acid groups (broad SMARTS) is 1. The molecule has 0 heterocycles. The topological polar surface area (TPSA) is 62.0 Å². The molecule has 1 N–H and O–H groups in total. The number of rotatable bonds is 7. The molecule has 0 aromatic carbocycles. The van der Waals surface area contributed by atoms with Gasteiger partial charge < -0.3 is 5.11 Å². The van der Waals surface area contributed by atoms with Crippen molar-refractivity contribution in [2.24, 2.45) is 22.1 Å². The van der Waals surface area contributed by atoms with Crippen LogP contribution in [0, 0.1) is 11.8 Å². The van der Waals surface area contributed by atoms with Gasteiger partial charge in [0.2, 0.25) is 0 Å². The van der Waals surface area contributed by atoms with Crippen molar-refractivity contribution in [3.05, 3.63) is 0 Å². The molecule has 0 bridgehead atoms.